The zero-order valence-electron chi connectivity index (χ0n) is 13.3. The van der Waals surface area contributed by atoms with Crippen molar-refractivity contribution in [1.82, 2.24) is 10.2 Å². The third-order valence-corrected chi connectivity index (χ3v) is 4.21. The summed E-state index contributed by atoms with van der Waals surface area (Å²) >= 11 is 0. The number of likely N-dealkylation sites (N-methyl/N-ethyl adjacent to an activating group) is 1. The monoisotopic (exact) mass is 308 g/mol. The normalized spacial score (nSPS) is 17.2. The molecule has 0 spiro atoms. The Hall–Kier alpha value is -1.46. The molecule has 1 N–H and O–H groups in total. The zero-order valence-corrected chi connectivity index (χ0v) is 13.3. The van der Waals surface area contributed by atoms with Crippen molar-refractivity contribution in [2.75, 3.05) is 26.2 Å². The number of halogens is 1. The van der Waals surface area contributed by atoms with Crippen molar-refractivity contribution in [2.24, 2.45) is 0 Å². The van der Waals surface area contributed by atoms with Gasteiger partial charge in [-0.25, -0.2) is 4.39 Å². The van der Waals surface area contributed by atoms with Gasteiger partial charge in [0.2, 0.25) is 5.91 Å². The van der Waals surface area contributed by atoms with Crippen molar-refractivity contribution in [3.05, 3.63) is 35.6 Å². The maximum Gasteiger partial charge on any atom is 0.249 e. The molecule has 1 aromatic carbocycles. The van der Waals surface area contributed by atoms with Crippen LogP contribution in [0.4, 0.5) is 4.39 Å². The Labute approximate surface area is 131 Å². The molecule has 5 heteroatoms. The number of amides is 1. The lowest BCUT2D eigenvalue weighted by atomic mass is 10.1. The lowest BCUT2D eigenvalue weighted by molar-refractivity contribution is -0.140. The Balaban J connectivity index is 1.91. The van der Waals surface area contributed by atoms with Gasteiger partial charge in [0.1, 0.15) is 12.4 Å². The number of ether oxygens (including phenoxy) is 1. The van der Waals surface area contributed by atoms with E-state index in [-0.39, 0.29) is 30.5 Å². The van der Waals surface area contributed by atoms with E-state index in [0.717, 1.165) is 31.5 Å². The molecule has 0 aliphatic carbocycles. The second-order valence-corrected chi connectivity index (χ2v) is 5.67. The highest BCUT2D eigenvalue weighted by Gasteiger charge is 2.22. The first kappa shape index (κ1) is 16.9. The third-order valence-electron chi connectivity index (χ3n) is 4.21. The fourth-order valence-corrected chi connectivity index (χ4v) is 2.82. The number of nitrogens with one attached hydrogen (secondary N) is 1. The largest absolute Gasteiger partial charge is 0.368 e. The number of carbonyl (C=O) groups is 1. The molecule has 0 saturated carbocycles. The smallest absolute Gasteiger partial charge is 0.249 e. The highest BCUT2D eigenvalue weighted by molar-refractivity contribution is 5.78. The van der Waals surface area contributed by atoms with E-state index in [1.807, 2.05) is 13.8 Å². The summed E-state index contributed by atoms with van der Waals surface area (Å²) in [6, 6.07) is 6.22. The number of hydrogen-bond acceptors (Lipinski definition) is 3. The van der Waals surface area contributed by atoms with Crippen molar-refractivity contribution >= 4 is 5.91 Å². The Kier molecular flexibility index (Phi) is 6.34. The van der Waals surface area contributed by atoms with Crippen molar-refractivity contribution < 1.29 is 13.9 Å². The molecule has 1 fully saturated rings. The standard InChI is InChI=1S/C17H25FN2O2/c1-3-20(13(2)14-4-6-15(18)7-5-14)17(21)12-22-16-8-10-19-11-9-16/h4-7,13,16,19H,3,8-12H2,1-2H3. The summed E-state index contributed by atoms with van der Waals surface area (Å²) in [5, 5.41) is 3.27. The molecule has 1 aliphatic rings. The molecule has 0 bridgehead atoms. The molecule has 122 valence electrons. The molecule has 1 aliphatic heterocycles. The zero-order chi connectivity index (χ0) is 15.9. The third kappa shape index (κ3) is 4.52. The molecular weight excluding hydrogens is 283 g/mol. The van der Waals surface area contributed by atoms with Gasteiger partial charge < -0.3 is 15.0 Å². The van der Waals surface area contributed by atoms with Crippen LogP contribution in [0.15, 0.2) is 24.3 Å². The minimum atomic E-state index is -0.264. The van der Waals surface area contributed by atoms with E-state index in [2.05, 4.69) is 5.32 Å². The van der Waals surface area contributed by atoms with E-state index in [1.165, 1.54) is 12.1 Å². The van der Waals surface area contributed by atoms with Gasteiger partial charge in [-0.1, -0.05) is 12.1 Å². The Morgan fingerprint density at radius 2 is 2.00 bits per heavy atom. The maximum atomic E-state index is 13.0. The van der Waals surface area contributed by atoms with Crippen LogP contribution in [0.1, 0.15) is 38.3 Å². The predicted octanol–water partition coefficient (Wildman–Crippen LogP) is 2.50. The lowest BCUT2D eigenvalue weighted by Crippen LogP contribution is -2.39. The van der Waals surface area contributed by atoms with Crippen LogP contribution in [0.5, 0.6) is 0 Å². The fraction of sp³-hybridized carbons (Fsp3) is 0.588. The molecule has 2 rings (SSSR count). The minimum Gasteiger partial charge on any atom is -0.368 e. The van der Waals surface area contributed by atoms with E-state index in [9.17, 15) is 9.18 Å². The van der Waals surface area contributed by atoms with Crippen LogP contribution in [0.2, 0.25) is 0 Å². The van der Waals surface area contributed by atoms with Gasteiger partial charge in [-0.15, -0.1) is 0 Å². The topological polar surface area (TPSA) is 41.6 Å². The van der Waals surface area contributed by atoms with Crippen molar-refractivity contribution in [3.8, 4) is 0 Å². The van der Waals surface area contributed by atoms with Gasteiger partial charge in [-0.2, -0.15) is 0 Å². The lowest BCUT2D eigenvalue weighted by Gasteiger charge is -2.30. The van der Waals surface area contributed by atoms with Crippen molar-refractivity contribution in [3.63, 3.8) is 0 Å². The predicted molar refractivity (Wildman–Crippen MR) is 84.0 cm³/mol. The maximum absolute atomic E-state index is 13.0. The summed E-state index contributed by atoms with van der Waals surface area (Å²) in [4.78, 5) is 14.2. The average Bonchev–Trinajstić information content (AvgIpc) is 2.55. The number of hydrogen-bond donors (Lipinski definition) is 1. The van der Waals surface area contributed by atoms with Crippen molar-refractivity contribution in [1.29, 1.82) is 0 Å². The second-order valence-electron chi connectivity index (χ2n) is 5.67. The number of nitrogens with zero attached hydrogens (tertiary/aromatic N) is 1. The first-order valence-corrected chi connectivity index (χ1v) is 7.99. The highest BCUT2D eigenvalue weighted by Crippen LogP contribution is 2.20. The summed E-state index contributed by atoms with van der Waals surface area (Å²) in [5.41, 5.74) is 0.929. The van der Waals surface area contributed by atoms with Crippen LogP contribution in [-0.4, -0.2) is 43.2 Å². The molecule has 0 aromatic heterocycles. The van der Waals surface area contributed by atoms with Crippen LogP contribution in [-0.2, 0) is 9.53 Å². The first-order chi connectivity index (χ1) is 10.6. The molecule has 1 unspecified atom stereocenters. The molecule has 22 heavy (non-hydrogen) atoms. The summed E-state index contributed by atoms with van der Waals surface area (Å²) < 4.78 is 18.8. The SMILES string of the molecule is CCN(C(=O)COC1CCNCC1)C(C)c1ccc(F)cc1. The van der Waals surface area contributed by atoms with Gasteiger partial charge in [0.05, 0.1) is 12.1 Å². The van der Waals surface area contributed by atoms with Crippen LogP contribution >= 0.6 is 0 Å². The van der Waals surface area contributed by atoms with E-state index in [0.29, 0.717) is 6.54 Å². The van der Waals surface area contributed by atoms with Gasteiger partial charge in [0, 0.05) is 6.54 Å². The van der Waals surface area contributed by atoms with E-state index >= 15 is 0 Å². The Morgan fingerprint density at radius 1 is 1.36 bits per heavy atom. The van der Waals surface area contributed by atoms with Crippen LogP contribution in [0, 0.1) is 5.82 Å². The summed E-state index contributed by atoms with van der Waals surface area (Å²) in [6.07, 6.45) is 2.07. The van der Waals surface area contributed by atoms with Crippen LogP contribution in [0.3, 0.4) is 0 Å². The molecule has 0 radical (unpaired) electrons. The highest BCUT2D eigenvalue weighted by atomic mass is 19.1. The quantitative estimate of drug-likeness (QED) is 0.878. The van der Waals surface area contributed by atoms with Gasteiger partial charge in [0.25, 0.3) is 0 Å². The van der Waals surface area contributed by atoms with E-state index < -0.39 is 0 Å². The number of piperidine rings is 1. The van der Waals surface area contributed by atoms with Gasteiger partial charge >= 0.3 is 0 Å². The van der Waals surface area contributed by atoms with Gasteiger partial charge in [-0.05, 0) is 57.5 Å². The van der Waals surface area contributed by atoms with E-state index in [1.54, 1.807) is 17.0 Å². The molecule has 1 aromatic rings. The van der Waals surface area contributed by atoms with Crippen LogP contribution in [0.25, 0.3) is 0 Å². The molecule has 1 amide bonds. The summed E-state index contributed by atoms with van der Waals surface area (Å²) in [6.45, 7) is 6.52. The fourth-order valence-electron chi connectivity index (χ4n) is 2.82. The van der Waals surface area contributed by atoms with E-state index in [4.69, 9.17) is 4.74 Å². The molecule has 1 atom stereocenters. The Bertz CT molecular complexity index is 472. The Morgan fingerprint density at radius 3 is 2.59 bits per heavy atom. The first-order valence-electron chi connectivity index (χ1n) is 7.99. The van der Waals surface area contributed by atoms with Crippen molar-refractivity contribution in [2.45, 2.75) is 38.8 Å². The van der Waals surface area contributed by atoms with Gasteiger partial charge in [0.15, 0.2) is 0 Å². The molecule has 1 saturated heterocycles. The van der Waals surface area contributed by atoms with Crippen LogP contribution < -0.4 is 5.32 Å². The summed E-state index contributed by atoms with van der Waals surface area (Å²) in [5.74, 6) is -0.280. The summed E-state index contributed by atoms with van der Waals surface area (Å²) in [7, 11) is 0. The van der Waals surface area contributed by atoms with Gasteiger partial charge in [-0.3, -0.25) is 4.79 Å². The average molecular weight is 308 g/mol. The number of benzene rings is 1. The minimum absolute atomic E-state index is 0.0159. The molecule has 4 nitrogen and oxygen atoms in total. The molecule has 1 heterocycles. The number of carbonyl (C=O) groups excluding carboxylic acids is 1. The second kappa shape index (κ2) is 8.25. The molecular formula is C17H25FN2O2. The number of rotatable bonds is 6.